The predicted molar refractivity (Wildman–Crippen MR) is 75.8 cm³/mol. The molecule has 0 saturated carbocycles. The average molecular weight is 271 g/mol. The molecule has 0 aliphatic carbocycles. The van der Waals surface area contributed by atoms with Crippen molar-refractivity contribution >= 4 is 5.97 Å². The molecule has 0 fully saturated rings. The van der Waals surface area contributed by atoms with E-state index in [0.717, 1.165) is 6.42 Å². The Labute approximate surface area is 118 Å². The lowest BCUT2D eigenvalue weighted by Crippen LogP contribution is -2.06. The van der Waals surface area contributed by atoms with Gasteiger partial charge in [-0.05, 0) is 18.6 Å². The van der Waals surface area contributed by atoms with E-state index in [1.165, 1.54) is 11.8 Å². The minimum Gasteiger partial charge on any atom is -0.477 e. The summed E-state index contributed by atoms with van der Waals surface area (Å²) in [4.78, 5) is 15.5. The number of ether oxygens (including phenoxy) is 2. The molecule has 0 amide bonds. The number of aromatic nitrogens is 1. The molecule has 0 saturated heterocycles. The van der Waals surface area contributed by atoms with E-state index >= 15 is 0 Å². The summed E-state index contributed by atoms with van der Waals surface area (Å²) in [6, 6.07) is 13.4. The molecule has 0 bridgehead atoms. The fraction of sp³-hybridized carbons (Fsp3) is 0.250. The summed E-state index contributed by atoms with van der Waals surface area (Å²) in [7, 11) is 0. The molecule has 0 N–H and O–H groups in total. The van der Waals surface area contributed by atoms with Gasteiger partial charge in [0.15, 0.2) is 0 Å². The summed E-state index contributed by atoms with van der Waals surface area (Å²) in [5, 5.41) is 0. The van der Waals surface area contributed by atoms with Crippen molar-refractivity contribution in [3.63, 3.8) is 0 Å². The number of nitrogens with zero attached hydrogens (tertiary/aromatic N) is 1. The molecule has 1 aromatic heterocycles. The number of rotatable bonds is 6. The van der Waals surface area contributed by atoms with E-state index in [9.17, 15) is 4.79 Å². The number of hydrogen-bond acceptors (Lipinski definition) is 4. The normalized spacial score (nSPS) is 10.1. The molecule has 0 aliphatic heterocycles. The Morgan fingerprint density at radius 2 is 1.95 bits per heavy atom. The van der Waals surface area contributed by atoms with Gasteiger partial charge in [-0.15, -0.1) is 0 Å². The van der Waals surface area contributed by atoms with Gasteiger partial charge in [-0.3, -0.25) is 0 Å². The van der Waals surface area contributed by atoms with E-state index in [4.69, 9.17) is 9.47 Å². The second-order valence-corrected chi connectivity index (χ2v) is 4.19. The standard InChI is InChI=1S/C16H17NO3/c1-2-19-16(18)14-8-9-15(17-12-14)20-11-10-13-6-4-3-5-7-13/h3-9,12H,2,10-11H2,1H3. The molecule has 0 unspecified atom stereocenters. The van der Waals surface area contributed by atoms with Crippen LogP contribution in [0.15, 0.2) is 48.7 Å². The van der Waals surface area contributed by atoms with Gasteiger partial charge in [-0.2, -0.15) is 0 Å². The largest absolute Gasteiger partial charge is 0.477 e. The fourth-order valence-electron chi connectivity index (χ4n) is 1.72. The molecule has 0 spiro atoms. The molecule has 2 rings (SSSR count). The van der Waals surface area contributed by atoms with E-state index in [-0.39, 0.29) is 5.97 Å². The Morgan fingerprint density at radius 3 is 2.60 bits per heavy atom. The highest BCUT2D eigenvalue weighted by molar-refractivity contribution is 5.89. The molecule has 2 aromatic rings. The van der Waals surface area contributed by atoms with Gasteiger partial charge in [0.1, 0.15) is 0 Å². The van der Waals surface area contributed by atoms with Gasteiger partial charge in [-0.25, -0.2) is 9.78 Å². The molecule has 0 aliphatic rings. The first kappa shape index (κ1) is 14.1. The van der Waals surface area contributed by atoms with E-state index in [1.54, 1.807) is 19.1 Å². The molecule has 1 heterocycles. The lowest BCUT2D eigenvalue weighted by Gasteiger charge is -2.06. The summed E-state index contributed by atoms with van der Waals surface area (Å²) in [5.41, 5.74) is 1.65. The van der Waals surface area contributed by atoms with Crippen LogP contribution in [0, 0.1) is 0 Å². The van der Waals surface area contributed by atoms with Crippen molar-refractivity contribution in [3.05, 3.63) is 59.8 Å². The lowest BCUT2D eigenvalue weighted by atomic mass is 10.2. The van der Waals surface area contributed by atoms with Gasteiger partial charge in [0, 0.05) is 18.7 Å². The van der Waals surface area contributed by atoms with E-state index in [2.05, 4.69) is 17.1 Å². The highest BCUT2D eigenvalue weighted by Crippen LogP contribution is 2.09. The van der Waals surface area contributed by atoms with Crippen LogP contribution in [0.1, 0.15) is 22.8 Å². The third-order valence-electron chi connectivity index (χ3n) is 2.73. The maximum absolute atomic E-state index is 11.5. The summed E-state index contributed by atoms with van der Waals surface area (Å²) < 4.78 is 10.4. The third kappa shape index (κ3) is 4.09. The highest BCUT2D eigenvalue weighted by atomic mass is 16.5. The van der Waals surface area contributed by atoms with E-state index in [1.807, 2.05) is 18.2 Å². The van der Waals surface area contributed by atoms with Crippen LogP contribution >= 0.6 is 0 Å². The highest BCUT2D eigenvalue weighted by Gasteiger charge is 2.06. The molecule has 0 atom stereocenters. The lowest BCUT2D eigenvalue weighted by molar-refractivity contribution is 0.0526. The van der Waals surface area contributed by atoms with E-state index in [0.29, 0.717) is 24.7 Å². The number of esters is 1. The number of carbonyl (C=O) groups is 1. The number of benzene rings is 1. The van der Waals surface area contributed by atoms with Crippen molar-refractivity contribution < 1.29 is 14.3 Å². The molecule has 1 aromatic carbocycles. The molecule has 4 nitrogen and oxygen atoms in total. The van der Waals surface area contributed by atoms with Crippen LogP contribution in [0.3, 0.4) is 0 Å². The maximum Gasteiger partial charge on any atom is 0.339 e. The Morgan fingerprint density at radius 1 is 1.15 bits per heavy atom. The Bertz CT molecular complexity index is 537. The smallest absolute Gasteiger partial charge is 0.339 e. The second-order valence-electron chi connectivity index (χ2n) is 4.19. The van der Waals surface area contributed by atoms with Gasteiger partial charge in [0.25, 0.3) is 0 Å². The quantitative estimate of drug-likeness (QED) is 0.758. The van der Waals surface area contributed by atoms with Gasteiger partial charge >= 0.3 is 5.97 Å². The zero-order valence-electron chi connectivity index (χ0n) is 11.4. The molecule has 4 heteroatoms. The van der Waals surface area contributed by atoms with Crippen LogP contribution in [0.4, 0.5) is 0 Å². The molecule has 20 heavy (non-hydrogen) atoms. The summed E-state index contributed by atoms with van der Waals surface area (Å²) in [6.07, 6.45) is 2.29. The fourth-order valence-corrected chi connectivity index (χ4v) is 1.72. The van der Waals surface area contributed by atoms with Crippen molar-refractivity contribution in [2.45, 2.75) is 13.3 Å². The van der Waals surface area contributed by atoms with Crippen LogP contribution in [-0.4, -0.2) is 24.2 Å². The molecular formula is C16H17NO3. The molecular weight excluding hydrogens is 254 g/mol. The van der Waals surface area contributed by atoms with Gasteiger partial charge in [0.2, 0.25) is 5.88 Å². The van der Waals surface area contributed by atoms with Crippen LogP contribution < -0.4 is 4.74 Å². The SMILES string of the molecule is CCOC(=O)c1ccc(OCCc2ccccc2)nc1. The molecule has 0 radical (unpaired) electrons. The van der Waals surface area contributed by atoms with Gasteiger partial charge < -0.3 is 9.47 Å². The summed E-state index contributed by atoms with van der Waals surface area (Å²) in [5.74, 6) is 0.143. The average Bonchev–Trinajstić information content (AvgIpc) is 2.49. The Kier molecular flexibility index (Phi) is 5.12. The number of carbonyl (C=O) groups excluding carboxylic acids is 1. The molecule has 104 valence electrons. The van der Waals surface area contributed by atoms with Crippen LogP contribution in [0.25, 0.3) is 0 Å². The van der Waals surface area contributed by atoms with Crippen molar-refractivity contribution in [1.29, 1.82) is 0 Å². The minimum atomic E-state index is -0.365. The first-order valence-electron chi connectivity index (χ1n) is 6.59. The van der Waals surface area contributed by atoms with Crippen molar-refractivity contribution in [1.82, 2.24) is 4.98 Å². The number of pyridine rings is 1. The third-order valence-corrected chi connectivity index (χ3v) is 2.73. The first-order valence-corrected chi connectivity index (χ1v) is 6.59. The maximum atomic E-state index is 11.5. The van der Waals surface area contributed by atoms with Crippen LogP contribution in [-0.2, 0) is 11.2 Å². The monoisotopic (exact) mass is 271 g/mol. The summed E-state index contributed by atoms with van der Waals surface area (Å²) in [6.45, 7) is 2.68. The Balaban J connectivity index is 1.83. The minimum absolute atomic E-state index is 0.355. The van der Waals surface area contributed by atoms with Crippen LogP contribution in [0.5, 0.6) is 5.88 Å². The van der Waals surface area contributed by atoms with Crippen molar-refractivity contribution in [2.75, 3.05) is 13.2 Å². The zero-order chi connectivity index (χ0) is 14.2. The van der Waals surface area contributed by atoms with Crippen molar-refractivity contribution in [2.24, 2.45) is 0 Å². The zero-order valence-corrected chi connectivity index (χ0v) is 11.4. The number of hydrogen-bond donors (Lipinski definition) is 0. The summed E-state index contributed by atoms with van der Waals surface area (Å²) >= 11 is 0. The van der Waals surface area contributed by atoms with Crippen molar-refractivity contribution in [3.8, 4) is 5.88 Å². The van der Waals surface area contributed by atoms with E-state index < -0.39 is 0 Å². The van der Waals surface area contributed by atoms with Gasteiger partial charge in [-0.1, -0.05) is 30.3 Å². The topological polar surface area (TPSA) is 48.4 Å². The van der Waals surface area contributed by atoms with Gasteiger partial charge in [0.05, 0.1) is 18.8 Å². The predicted octanol–water partition coefficient (Wildman–Crippen LogP) is 2.88. The van der Waals surface area contributed by atoms with Crippen LogP contribution in [0.2, 0.25) is 0 Å². The first-order chi connectivity index (χ1) is 9.79. The second kappa shape index (κ2) is 7.28. The Hall–Kier alpha value is -2.36.